The number of nitrogens with one attached hydrogen (secondary N) is 2. The van der Waals surface area contributed by atoms with E-state index in [4.69, 9.17) is 0 Å². The molecule has 0 heterocycles. The molecule has 3 rings (SSSR count). The van der Waals surface area contributed by atoms with Gasteiger partial charge in [0.2, 0.25) is 10.0 Å². The van der Waals surface area contributed by atoms with Crippen molar-refractivity contribution in [3.63, 3.8) is 0 Å². The van der Waals surface area contributed by atoms with Crippen molar-refractivity contribution in [3.05, 3.63) is 59.3 Å². The zero-order valence-electron chi connectivity index (χ0n) is 16.7. The first-order valence-electron chi connectivity index (χ1n) is 9.99. The summed E-state index contributed by atoms with van der Waals surface area (Å²) in [6.07, 6.45) is 10.7. The third-order valence-electron chi connectivity index (χ3n) is 5.56. The van der Waals surface area contributed by atoms with Gasteiger partial charge in [-0.3, -0.25) is 0 Å². The van der Waals surface area contributed by atoms with E-state index in [-0.39, 0.29) is 0 Å². The van der Waals surface area contributed by atoms with E-state index >= 15 is 0 Å². The summed E-state index contributed by atoms with van der Waals surface area (Å²) < 4.78 is 26.0. The average molecular weight is 389 g/mol. The fraction of sp³-hybridized carbons (Fsp3) is 0.545. The molecule has 0 bridgehead atoms. The lowest BCUT2D eigenvalue weighted by Crippen LogP contribution is -2.39. The first-order valence-corrected chi connectivity index (χ1v) is 11.5. The van der Waals surface area contributed by atoms with Gasteiger partial charge in [0.05, 0.1) is 4.75 Å². The summed E-state index contributed by atoms with van der Waals surface area (Å²) in [6.45, 7) is 6.62. The van der Waals surface area contributed by atoms with Gasteiger partial charge in [-0.15, -0.1) is 0 Å². The summed E-state index contributed by atoms with van der Waals surface area (Å²) in [5.74, 6) is 1.03. The summed E-state index contributed by atoms with van der Waals surface area (Å²) in [6, 6.07) is 8.77. The molecule has 27 heavy (non-hydrogen) atoms. The number of benzene rings is 1. The molecule has 4 nitrogen and oxygen atoms in total. The molecule has 0 radical (unpaired) electrons. The summed E-state index contributed by atoms with van der Waals surface area (Å²) in [5, 5.41) is 3.63. The number of unbranched alkanes of at least 4 members (excludes halogenated alkanes) is 2. The third-order valence-corrected chi connectivity index (χ3v) is 7.76. The minimum Gasteiger partial charge on any atom is -0.388 e. The number of hydrogen-bond donors (Lipinski definition) is 2. The first-order chi connectivity index (χ1) is 12.8. The lowest BCUT2D eigenvalue weighted by atomic mass is 9.86. The highest BCUT2D eigenvalue weighted by Crippen LogP contribution is 2.43. The predicted molar refractivity (Wildman–Crippen MR) is 112 cm³/mol. The maximum atomic E-state index is 12.0. The van der Waals surface area contributed by atoms with Gasteiger partial charge in [0.1, 0.15) is 0 Å². The third kappa shape index (κ3) is 4.64. The van der Waals surface area contributed by atoms with Crippen LogP contribution in [0.4, 0.5) is 0 Å². The Hall–Kier alpha value is -1.59. The smallest absolute Gasteiger partial charge is 0.216 e. The van der Waals surface area contributed by atoms with E-state index in [1.165, 1.54) is 16.8 Å². The lowest BCUT2D eigenvalue weighted by Gasteiger charge is -2.25. The van der Waals surface area contributed by atoms with Crippen molar-refractivity contribution < 1.29 is 8.42 Å². The van der Waals surface area contributed by atoms with Crippen LogP contribution < -0.4 is 10.0 Å². The molecule has 5 heteroatoms. The van der Waals surface area contributed by atoms with Gasteiger partial charge >= 0.3 is 0 Å². The van der Waals surface area contributed by atoms with E-state index in [1.807, 2.05) is 0 Å². The van der Waals surface area contributed by atoms with Crippen LogP contribution in [0, 0.1) is 5.92 Å². The van der Waals surface area contributed by atoms with Crippen molar-refractivity contribution in [1.29, 1.82) is 0 Å². The molecule has 0 amide bonds. The van der Waals surface area contributed by atoms with E-state index in [0.717, 1.165) is 32.2 Å². The standard InChI is InChI=1S/C22H32N2O2S/c1-22(2,3)27(25,26)24-15-8-4-7-14-23-21-13-9-12-19-18-11-6-5-10-17(18)16-20(19)21/h5-6,9-13,19-20,23-24H,4,7-8,14-16H2,1-3H3. The Morgan fingerprint density at radius 1 is 1.07 bits per heavy atom. The molecular formula is C22H32N2O2S. The quantitative estimate of drug-likeness (QED) is 0.665. The predicted octanol–water partition coefficient (Wildman–Crippen LogP) is 3.87. The van der Waals surface area contributed by atoms with Crippen LogP contribution in [-0.2, 0) is 16.4 Å². The molecule has 0 spiro atoms. The second-order valence-corrected chi connectivity index (χ2v) is 11.1. The highest BCUT2D eigenvalue weighted by Gasteiger charge is 2.34. The van der Waals surface area contributed by atoms with Crippen LogP contribution in [0.15, 0.2) is 48.2 Å². The van der Waals surface area contributed by atoms with Gasteiger partial charge in [0.15, 0.2) is 0 Å². The Morgan fingerprint density at radius 3 is 2.59 bits per heavy atom. The molecule has 0 aliphatic heterocycles. The molecule has 2 aliphatic rings. The second kappa shape index (κ2) is 8.19. The molecule has 2 atom stereocenters. The maximum absolute atomic E-state index is 12.0. The minimum atomic E-state index is -3.23. The van der Waals surface area contributed by atoms with Gasteiger partial charge in [0.25, 0.3) is 0 Å². The highest BCUT2D eigenvalue weighted by molar-refractivity contribution is 7.90. The van der Waals surface area contributed by atoms with Crippen LogP contribution in [-0.4, -0.2) is 26.3 Å². The van der Waals surface area contributed by atoms with Crippen molar-refractivity contribution in [2.45, 2.75) is 57.1 Å². The van der Waals surface area contributed by atoms with E-state index in [2.05, 4.69) is 52.5 Å². The fourth-order valence-corrected chi connectivity index (χ4v) is 4.69. The van der Waals surface area contributed by atoms with Crippen LogP contribution >= 0.6 is 0 Å². The first kappa shape index (κ1) is 20.2. The van der Waals surface area contributed by atoms with Crippen LogP contribution in [0.5, 0.6) is 0 Å². The minimum absolute atomic E-state index is 0.500. The Balaban J connectivity index is 1.38. The van der Waals surface area contributed by atoms with Crippen LogP contribution in [0.1, 0.15) is 57.1 Å². The molecule has 148 valence electrons. The molecular weight excluding hydrogens is 356 g/mol. The molecule has 1 aromatic rings. The molecule has 0 aromatic heterocycles. The monoisotopic (exact) mass is 388 g/mol. The normalized spacial score (nSPS) is 21.5. The van der Waals surface area contributed by atoms with Crippen LogP contribution in [0.25, 0.3) is 0 Å². The molecule has 2 unspecified atom stereocenters. The van der Waals surface area contributed by atoms with Gasteiger partial charge in [-0.25, -0.2) is 13.1 Å². The number of sulfonamides is 1. The number of allylic oxidation sites excluding steroid dienone is 4. The lowest BCUT2D eigenvalue weighted by molar-refractivity contribution is 0.522. The molecule has 0 saturated heterocycles. The van der Waals surface area contributed by atoms with E-state index in [0.29, 0.717) is 18.4 Å². The van der Waals surface area contributed by atoms with Gasteiger partial charge in [-0.1, -0.05) is 42.8 Å². The Bertz CT molecular complexity index is 819. The summed E-state index contributed by atoms with van der Waals surface area (Å²) >= 11 is 0. The molecule has 2 N–H and O–H groups in total. The Labute approximate surface area is 164 Å². The largest absolute Gasteiger partial charge is 0.388 e. The van der Waals surface area contributed by atoms with Crippen molar-refractivity contribution in [2.24, 2.45) is 5.92 Å². The maximum Gasteiger partial charge on any atom is 0.216 e. The fourth-order valence-electron chi connectivity index (χ4n) is 3.84. The SMILES string of the molecule is CC(C)(C)S(=O)(=O)NCCCCCNC1=CC=CC2c3ccccc3CC12. The van der Waals surface area contributed by atoms with Crippen LogP contribution in [0.3, 0.4) is 0 Å². The molecule has 0 fully saturated rings. The van der Waals surface area contributed by atoms with E-state index in [9.17, 15) is 8.42 Å². The van der Waals surface area contributed by atoms with Crippen molar-refractivity contribution in [1.82, 2.24) is 10.0 Å². The van der Waals surface area contributed by atoms with Crippen LogP contribution in [0.2, 0.25) is 0 Å². The van der Waals surface area contributed by atoms with Crippen molar-refractivity contribution in [3.8, 4) is 0 Å². The summed E-state index contributed by atoms with van der Waals surface area (Å²) in [5.41, 5.74) is 4.28. The van der Waals surface area contributed by atoms with Crippen molar-refractivity contribution in [2.75, 3.05) is 13.1 Å². The van der Waals surface area contributed by atoms with E-state index in [1.54, 1.807) is 20.8 Å². The summed E-state index contributed by atoms with van der Waals surface area (Å²) in [4.78, 5) is 0. The highest BCUT2D eigenvalue weighted by atomic mass is 32.2. The molecule has 1 aromatic carbocycles. The van der Waals surface area contributed by atoms with Gasteiger partial charge in [-0.2, -0.15) is 0 Å². The zero-order valence-corrected chi connectivity index (χ0v) is 17.5. The molecule has 0 saturated carbocycles. The van der Waals surface area contributed by atoms with Gasteiger partial charge in [0, 0.05) is 30.6 Å². The number of fused-ring (bicyclic) bond motifs is 3. The van der Waals surface area contributed by atoms with E-state index < -0.39 is 14.8 Å². The zero-order chi connectivity index (χ0) is 19.5. The molecule has 2 aliphatic carbocycles. The second-order valence-electron chi connectivity index (χ2n) is 8.54. The Kier molecular flexibility index (Phi) is 6.11. The van der Waals surface area contributed by atoms with Gasteiger partial charge < -0.3 is 5.32 Å². The summed E-state index contributed by atoms with van der Waals surface area (Å²) in [7, 11) is -3.23. The number of rotatable bonds is 8. The van der Waals surface area contributed by atoms with Crippen molar-refractivity contribution >= 4 is 10.0 Å². The average Bonchev–Trinajstić information content (AvgIpc) is 2.99. The van der Waals surface area contributed by atoms with Gasteiger partial charge in [-0.05, 0) is 57.2 Å². The Morgan fingerprint density at radius 2 is 1.81 bits per heavy atom. The topological polar surface area (TPSA) is 58.2 Å². The number of hydrogen-bond acceptors (Lipinski definition) is 3.